The van der Waals surface area contributed by atoms with Crippen LogP contribution in [-0.2, 0) is 11.2 Å². The molecule has 25 heavy (non-hydrogen) atoms. The van der Waals surface area contributed by atoms with Gasteiger partial charge in [-0.1, -0.05) is 5.16 Å². The molecular formula is C17H23N5O3. The zero-order valence-electron chi connectivity index (χ0n) is 14.5. The Labute approximate surface area is 146 Å². The number of hydrogen-bond acceptors (Lipinski definition) is 7. The monoisotopic (exact) mass is 345 g/mol. The number of anilines is 1. The molecule has 0 aromatic carbocycles. The van der Waals surface area contributed by atoms with E-state index in [1.165, 1.54) is 0 Å². The van der Waals surface area contributed by atoms with E-state index in [4.69, 9.17) is 4.52 Å². The number of nitrogens with zero attached hydrogens (tertiary/aromatic N) is 4. The van der Waals surface area contributed by atoms with Crippen LogP contribution in [0.3, 0.4) is 0 Å². The van der Waals surface area contributed by atoms with Gasteiger partial charge in [-0.3, -0.25) is 9.78 Å². The quantitative estimate of drug-likeness (QED) is 0.797. The number of β-amino-alcohol motifs (C(OH)–C–C–N with tert-alkyl or cyclic N) is 1. The molecular weight excluding hydrogens is 322 g/mol. The molecule has 1 saturated heterocycles. The molecule has 0 bridgehead atoms. The van der Waals surface area contributed by atoms with Crippen LogP contribution in [0.15, 0.2) is 23.1 Å². The summed E-state index contributed by atoms with van der Waals surface area (Å²) in [5, 5.41) is 17.4. The molecule has 0 spiro atoms. The van der Waals surface area contributed by atoms with Gasteiger partial charge < -0.3 is 19.8 Å². The summed E-state index contributed by atoms with van der Waals surface area (Å²) in [6, 6.07) is 0. The number of aryl methyl sites for hydroxylation is 2. The lowest BCUT2D eigenvalue weighted by atomic mass is 10.0. The standard InChI is InChI=1S/C17H23N5O3/c1-12-14(13(2)25-21-12)3-4-16(23)20-10-17(24)5-8-22(11-17)15-9-18-6-7-19-15/h6-7,9,24H,3-5,8,10-11H2,1-2H3,(H,20,23). The first-order chi connectivity index (χ1) is 12.0. The Balaban J connectivity index is 1.47. The second-order valence-electron chi connectivity index (χ2n) is 6.54. The molecule has 1 fully saturated rings. The molecule has 1 amide bonds. The molecule has 1 aliphatic heterocycles. The van der Waals surface area contributed by atoms with E-state index in [2.05, 4.69) is 20.4 Å². The lowest BCUT2D eigenvalue weighted by molar-refractivity contribution is -0.122. The van der Waals surface area contributed by atoms with Crippen molar-refractivity contribution in [3.05, 3.63) is 35.6 Å². The molecule has 2 aromatic rings. The van der Waals surface area contributed by atoms with Crippen LogP contribution in [-0.4, -0.2) is 51.4 Å². The van der Waals surface area contributed by atoms with Crippen LogP contribution in [0.1, 0.15) is 29.9 Å². The van der Waals surface area contributed by atoms with Crippen LogP contribution in [0.2, 0.25) is 0 Å². The first kappa shape index (κ1) is 17.3. The summed E-state index contributed by atoms with van der Waals surface area (Å²) in [6.45, 7) is 5.05. The SMILES string of the molecule is Cc1noc(C)c1CCC(=O)NCC1(O)CCN(c2cnccn2)C1. The van der Waals surface area contributed by atoms with Gasteiger partial charge in [-0.15, -0.1) is 0 Å². The third-order valence-electron chi connectivity index (χ3n) is 4.60. The molecule has 0 aliphatic carbocycles. The number of rotatable bonds is 6. The summed E-state index contributed by atoms with van der Waals surface area (Å²) in [7, 11) is 0. The van der Waals surface area contributed by atoms with E-state index in [0.29, 0.717) is 32.4 Å². The Bertz CT molecular complexity index is 714. The molecule has 8 heteroatoms. The van der Waals surface area contributed by atoms with Crippen LogP contribution in [0, 0.1) is 13.8 Å². The second-order valence-corrected chi connectivity index (χ2v) is 6.54. The minimum Gasteiger partial charge on any atom is -0.386 e. The van der Waals surface area contributed by atoms with E-state index in [9.17, 15) is 9.90 Å². The highest BCUT2D eigenvalue weighted by Crippen LogP contribution is 2.24. The third kappa shape index (κ3) is 4.14. The fraction of sp³-hybridized carbons (Fsp3) is 0.529. The van der Waals surface area contributed by atoms with E-state index >= 15 is 0 Å². The van der Waals surface area contributed by atoms with Gasteiger partial charge in [-0.25, -0.2) is 4.98 Å². The highest BCUT2D eigenvalue weighted by molar-refractivity contribution is 5.76. The van der Waals surface area contributed by atoms with Crippen molar-refractivity contribution < 1.29 is 14.4 Å². The van der Waals surface area contributed by atoms with Gasteiger partial charge in [0.1, 0.15) is 17.2 Å². The Morgan fingerprint density at radius 2 is 2.28 bits per heavy atom. The molecule has 0 saturated carbocycles. The summed E-state index contributed by atoms with van der Waals surface area (Å²) < 4.78 is 5.10. The van der Waals surface area contributed by atoms with Crippen LogP contribution >= 0.6 is 0 Å². The van der Waals surface area contributed by atoms with Gasteiger partial charge in [0, 0.05) is 44.0 Å². The van der Waals surface area contributed by atoms with Gasteiger partial charge in [0.25, 0.3) is 0 Å². The van der Waals surface area contributed by atoms with Crippen LogP contribution < -0.4 is 10.2 Å². The summed E-state index contributed by atoms with van der Waals surface area (Å²) in [5.74, 6) is 1.40. The minimum absolute atomic E-state index is 0.0913. The van der Waals surface area contributed by atoms with Crippen molar-refractivity contribution in [3.8, 4) is 0 Å². The van der Waals surface area contributed by atoms with Crippen molar-refractivity contribution in [2.75, 3.05) is 24.5 Å². The topological polar surface area (TPSA) is 104 Å². The van der Waals surface area contributed by atoms with E-state index in [1.807, 2.05) is 18.7 Å². The maximum atomic E-state index is 12.1. The molecule has 1 unspecified atom stereocenters. The fourth-order valence-corrected chi connectivity index (χ4v) is 3.10. The average molecular weight is 345 g/mol. The van der Waals surface area contributed by atoms with E-state index in [1.54, 1.807) is 18.6 Å². The Kier molecular flexibility index (Phi) is 4.98. The Morgan fingerprint density at radius 1 is 1.44 bits per heavy atom. The number of nitrogens with one attached hydrogen (secondary N) is 1. The summed E-state index contributed by atoms with van der Waals surface area (Å²) in [4.78, 5) is 22.4. The van der Waals surface area contributed by atoms with Gasteiger partial charge in [0.15, 0.2) is 0 Å². The van der Waals surface area contributed by atoms with Crippen LogP contribution in [0.5, 0.6) is 0 Å². The number of hydrogen-bond donors (Lipinski definition) is 2. The predicted octanol–water partition coefficient (Wildman–Crippen LogP) is 0.772. The van der Waals surface area contributed by atoms with Gasteiger partial charge in [-0.2, -0.15) is 0 Å². The number of aromatic nitrogens is 3. The zero-order valence-corrected chi connectivity index (χ0v) is 14.5. The minimum atomic E-state index is -0.948. The fourth-order valence-electron chi connectivity index (χ4n) is 3.10. The summed E-state index contributed by atoms with van der Waals surface area (Å²) in [5.41, 5.74) is 0.846. The first-order valence-electron chi connectivity index (χ1n) is 8.39. The second kappa shape index (κ2) is 7.18. The highest BCUT2D eigenvalue weighted by Gasteiger charge is 2.37. The molecule has 2 N–H and O–H groups in total. The van der Waals surface area contributed by atoms with E-state index < -0.39 is 5.60 Å². The smallest absolute Gasteiger partial charge is 0.220 e. The van der Waals surface area contributed by atoms with Gasteiger partial charge in [-0.05, 0) is 26.7 Å². The predicted molar refractivity (Wildman–Crippen MR) is 91.1 cm³/mol. The first-order valence-corrected chi connectivity index (χ1v) is 8.39. The van der Waals surface area contributed by atoms with Crippen molar-refractivity contribution >= 4 is 11.7 Å². The number of amides is 1. The number of aliphatic hydroxyl groups is 1. The zero-order chi connectivity index (χ0) is 17.9. The number of carbonyl (C=O) groups is 1. The van der Waals surface area contributed by atoms with Crippen molar-refractivity contribution in [1.82, 2.24) is 20.4 Å². The van der Waals surface area contributed by atoms with Crippen molar-refractivity contribution in [2.24, 2.45) is 0 Å². The maximum absolute atomic E-state index is 12.1. The summed E-state index contributed by atoms with van der Waals surface area (Å²) >= 11 is 0. The largest absolute Gasteiger partial charge is 0.386 e. The average Bonchev–Trinajstić information content (AvgIpc) is 3.16. The van der Waals surface area contributed by atoms with Gasteiger partial charge in [0.2, 0.25) is 5.91 Å². The molecule has 3 heterocycles. The molecule has 8 nitrogen and oxygen atoms in total. The van der Waals surface area contributed by atoms with Crippen LogP contribution in [0.4, 0.5) is 5.82 Å². The lowest BCUT2D eigenvalue weighted by Gasteiger charge is -2.24. The Hall–Kier alpha value is -2.48. The maximum Gasteiger partial charge on any atom is 0.220 e. The lowest BCUT2D eigenvalue weighted by Crippen LogP contribution is -2.45. The normalized spacial score (nSPS) is 20.0. The van der Waals surface area contributed by atoms with Crippen LogP contribution in [0.25, 0.3) is 0 Å². The third-order valence-corrected chi connectivity index (χ3v) is 4.60. The van der Waals surface area contributed by atoms with E-state index in [0.717, 1.165) is 22.8 Å². The molecule has 1 atom stereocenters. The molecule has 3 rings (SSSR count). The Morgan fingerprint density at radius 3 is 2.96 bits per heavy atom. The van der Waals surface area contributed by atoms with Crippen molar-refractivity contribution in [2.45, 2.75) is 38.7 Å². The highest BCUT2D eigenvalue weighted by atomic mass is 16.5. The molecule has 134 valence electrons. The van der Waals surface area contributed by atoms with Gasteiger partial charge >= 0.3 is 0 Å². The molecule has 2 aromatic heterocycles. The van der Waals surface area contributed by atoms with Crippen molar-refractivity contribution in [1.29, 1.82) is 0 Å². The van der Waals surface area contributed by atoms with Crippen molar-refractivity contribution in [3.63, 3.8) is 0 Å². The van der Waals surface area contributed by atoms with E-state index in [-0.39, 0.29) is 12.5 Å². The number of carbonyl (C=O) groups excluding carboxylic acids is 1. The van der Waals surface area contributed by atoms with Gasteiger partial charge in [0.05, 0.1) is 11.9 Å². The summed E-state index contributed by atoms with van der Waals surface area (Å²) in [6.07, 6.45) is 6.42. The molecule has 1 aliphatic rings. The molecule has 0 radical (unpaired) electrons.